The molecule has 1 fully saturated rings. The van der Waals surface area contributed by atoms with Gasteiger partial charge in [0.25, 0.3) is 0 Å². The molecule has 55 heavy (non-hydrogen) atoms. The van der Waals surface area contributed by atoms with Gasteiger partial charge in [0, 0.05) is 25.1 Å². The summed E-state index contributed by atoms with van der Waals surface area (Å²) in [6.07, 6.45) is -3.65. The van der Waals surface area contributed by atoms with E-state index in [1.54, 1.807) is 6.07 Å². The van der Waals surface area contributed by atoms with E-state index in [0.717, 1.165) is 31.2 Å². The van der Waals surface area contributed by atoms with Crippen LogP contribution in [-0.4, -0.2) is 48.0 Å². The Hall–Kier alpha value is -5.21. The molecule has 15 heteroatoms. The number of carboxylic acid groups (broad SMARTS) is 1. The fraction of sp³-hybridized carbons (Fsp3) is 0.425. The van der Waals surface area contributed by atoms with Crippen LogP contribution in [0.2, 0.25) is 0 Å². The second-order valence-electron chi connectivity index (χ2n) is 13.6. The van der Waals surface area contributed by atoms with Gasteiger partial charge in [0.2, 0.25) is 5.95 Å². The molecule has 0 radical (unpaired) electrons. The highest BCUT2D eigenvalue weighted by Crippen LogP contribution is 2.43. The second-order valence-corrected chi connectivity index (χ2v) is 13.6. The number of anilines is 1. The normalized spacial score (nSPS) is 13.6. The molecule has 1 aromatic heterocycles. The Labute approximate surface area is 315 Å². The van der Waals surface area contributed by atoms with E-state index in [4.69, 9.17) is 24.1 Å². The van der Waals surface area contributed by atoms with Gasteiger partial charge in [-0.25, -0.2) is 9.97 Å². The van der Waals surface area contributed by atoms with Crippen LogP contribution in [0.5, 0.6) is 23.0 Å². The van der Waals surface area contributed by atoms with Crippen molar-refractivity contribution < 1.29 is 55.2 Å². The highest BCUT2D eigenvalue weighted by Gasteiger charge is 2.37. The number of rotatable bonds is 16. The highest BCUT2D eigenvalue weighted by atomic mass is 19.4. The van der Waals surface area contributed by atoms with Gasteiger partial charge in [-0.3, -0.25) is 4.79 Å². The Morgan fingerprint density at radius 1 is 0.836 bits per heavy atom. The van der Waals surface area contributed by atoms with Gasteiger partial charge in [0.15, 0.2) is 17.2 Å². The van der Waals surface area contributed by atoms with Crippen LogP contribution < -0.4 is 23.8 Å². The average molecular weight is 776 g/mol. The number of ether oxygens (including phenoxy) is 4. The molecule has 0 unspecified atom stereocenters. The molecule has 1 aliphatic carbocycles. The van der Waals surface area contributed by atoms with Crippen molar-refractivity contribution >= 4 is 11.9 Å². The van der Waals surface area contributed by atoms with Crippen molar-refractivity contribution in [3.63, 3.8) is 0 Å². The molecule has 1 heterocycles. The summed E-state index contributed by atoms with van der Waals surface area (Å²) in [5.41, 5.74) is -0.296. The molecule has 0 spiro atoms. The second kappa shape index (κ2) is 17.5. The summed E-state index contributed by atoms with van der Waals surface area (Å²) < 4.78 is 107. The van der Waals surface area contributed by atoms with E-state index < -0.39 is 36.0 Å². The van der Waals surface area contributed by atoms with Crippen LogP contribution >= 0.6 is 0 Å². The number of nitrogens with zero attached hydrogens (tertiary/aromatic N) is 3. The maximum absolute atomic E-state index is 13.9. The summed E-state index contributed by atoms with van der Waals surface area (Å²) in [6, 6.07) is 10.8. The molecular formula is C40H43F6N3O6. The number of alkyl halides is 6. The number of carbonyl (C=O) groups is 1. The van der Waals surface area contributed by atoms with Crippen molar-refractivity contribution in [2.24, 2.45) is 0 Å². The summed E-state index contributed by atoms with van der Waals surface area (Å²) in [4.78, 5) is 21.1. The predicted octanol–water partition coefficient (Wildman–Crippen LogP) is 10.1. The van der Waals surface area contributed by atoms with E-state index in [9.17, 15) is 31.1 Å². The molecule has 1 N–H and O–H groups in total. The zero-order chi connectivity index (χ0) is 39.9. The van der Waals surface area contributed by atoms with Gasteiger partial charge < -0.3 is 29.0 Å². The van der Waals surface area contributed by atoms with E-state index in [1.165, 1.54) is 31.5 Å². The Morgan fingerprint density at radius 3 is 2.04 bits per heavy atom. The minimum atomic E-state index is -5.05. The first kappa shape index (κ1) is 41.0. The number of methoxy groups -OCH3 is 2. The van der Waals surface area contributed by atoms with Crippen LogP contribution in [0.1, 0.15) is 86.1 Å². The van der Waals surface area contributed by atoms with Gasteiger partial charge in [0.1, 0.15) is 5.75 Å². The molecule has 0 atom stereocenters. The number of carboxylic acids is 1. The first-order chi connectivity index (χ1) is 26.0. The van der Waals surface area contributed by atoms with Crippen molar-refractivity contribution in [3.05, 3.63) is 88.7 Å². The summed E-state index contributed by atoms with van der Waals surface area (Å²) in [5, 5.41) is 8.91. The van der Waals surface area contributed by atoms with E-state index in [-0.39, 0.29) is 61.3 Å². The van der Waals surface area contributed by atoms with Gasteiger partial charge in [-0.1, -0.05) is 19.9 Å². The standard InChI is InChI=1S/C40H43F6N3O6/c1-24(2)26-11-12-34(52-3)33(16-26)32-19-36(55-30-8-5-6-9-30)35(53-4)17-27(32)23-49(38-47-20-31(21-48-38)54-13-7-10-37(50)51)22-25-14-28(39(41,42)43)18-29(15-25)40(44,45)46/h11-12,14-21,24,30H,5-10,13,22-23H2,1-4H3,(H,50,51). The number of aliphatic carboxylic acids is 1. The van der Waals surface area contributed by atoms with Gasteiger partial charge in [-0.15, -0.1) is 0 Å². The van der Waals surface area contributed by atoms with Crippen LogP contribution in [0.3, 0.4) is 0 Å². The third-order valence-electron chi connectivity index (χ3n) is 9.25. The van der Waals surface area contributed by atoms with Crippen LogP contribution in [0, 0.1) is 0 Å². The Balaban J connectivity index is 1.65. The summed E-state index contributed by atoms with van der Waals surface area (Å²) in [7, 11) is 3.02. The average Bonchev–Trinajstić information content (AvgIpc) is 3.65. The largest absolute Gasteiger partial charge is 0.496 e. The zero-order valence-corrected chi connectivity index (χ0v) is 30.9. The van der Waals surface area contributed by atoms with Crippen molar-refractivity contribution in [1.29, 1.82) is 0 Å². The molecule has 5 rings (SSSR count). The zero-order valence-electron chi connectivity index (χ0n) is 30.9. The molecule has 0 aliphatic heterocycles. The maximum atomic E-state index is 13.9. The number of hydrogen-bond acceptors (Lipinski definition) is 8. The molecule has 1 aliphatic rings. The van der Waals surface area contributed by atoms with Crippen LogP contribution in [0.4, 0.5) is 32.3 Å². The van der Waals surface area contributed by atoms with Crippen molar-refractivity contribution in [2.45, 2.75) is 89.8 Å². The van der Waals surface area contributed by atoms with Crippen molar-refractivity contribution in [3.8, 4) is 34.1 Å². The van der Waals surface area contributed by atoms with E-state index >= 15 is 0 Å². The number of benzene rings is 3. The summed E-state index contributed by atoms with van der Waals surface area (Å²) in [5.74, 6) is 0.707. The SMILES string of the molecule is COc1cc(CN(Cc2cc(C(F)(F)F)cc(C(F)(F)F)c2)c2ncc(OCCCC(=O)O)cn2)c(-c2cc(C(C)C)ccc2OC)cc1OC1CCCC1. The Kier molecular flexibility index (Phi) is 13.0. The van der Waals surface area contributed by atoms with Crippen LogP contribution in [0.15, 0.2) is 60.9 Å². The minimum absolute atomic E-state index is 0.0250. The molecule has 4 aromatic rings. The van der Waals surface area contributed by atoms with E-state index in [1.807, 2.05) is 38.1 Å². The third-order valence-corrected chi connectivity index (χ3v) is 9.25. The lowest BCUT2D eigenvalue weighted by molar-refractivity contribution is -0.143. The molecule has 0 bridgehead atoms. The lowest BCUT2D eigenvalue weighted by Gasteiger charge is -2.27. The monoisotopic (exact) mass is 775 g/mol. The van der Waals surface area contributed by atoms with E-state index in [0.29, 0.717) is 46.1 Å². The van der Waals surface area contributed by atoms with Crippen LogP contribution in [-0.2, 0) is 30.2 Å². The van der Waals surface area contributed by atoms with Crippen LogP contribution in [0.25, 0.3) is 11.1 Å². The lowest BCUT2D eigenvalue weighted by Crippen LogP contribution is -2.25. The summed E-state index contributed by atoms with van der Waals surface area (Å²) >= 11 is 0. The van der Waals surface area contributed by atoms with Gasteiger partial charge in [0.05, 0.1) is 50.5 Å². The fourth-order valence-electron chi connectivity index (χ4n) is 6.41. The molecular weight excluding hydrogens is 732 g/mol. The first-order valence-corrected chi connectivity index (χ1v) is 17.8. The summed E-state index contributed by atoms with van der Waals surface area (Å²) in [6.45, 7) is 3.56. The molecule has 9 nitrogen and oxygen atoms in total. The van der Waals surface area contributed by atoms with Crippen molar-refractivity contribution in [1.82, 2.24) is 9.97 Å². The van der Waals surface area contributed by atoms with Crippen molar-refractivity contribution in [2.75, 3.05) is 25.7 Å². The highest BCUT2D eigenvalue weighted by molar-refractivity contribution is 5.77. The predicted molar refractivity (Wildman–Crippen MR) is 193 cm³/mol. The number of aromatic nitrogens is 2. The maximum Gasteiger partial charge on any atom is 0.416 e. The Bertz CT molecular complexity index is 1900. The minimum Gasteiger partial charge on any atom is -0.496 e. The topological polar surface area (TPSA) is 103 Å². The Morgan fingerprint density at radius 2 is 1.47 bits per heavy atom. The molecule has 1 saturated carbocycles. The molecule has 0 amide bonds. The van der Waals surface area contributed by atoms with Gasteiger partial charge in [-0.2, -0.15) is 26.3 Å². The van der Waals surface area contributed by atoms with Gasteiger partial charge >= 0.3 is 18.3 Å². The quantitative estimate of drug-likeness (QED) is 0.0880. The molecule has 0 saturated heterocycles. The number of hydrogen-bond donors (Lipinski definition) is 1. The first-order valence-electron chi connectivity index (χ1n) is 17.8. The number of halogens is 6. The fourth-order valence-corrected chi connectivity index (χ4v) is 6.41. The molecule has 3 aromatic carbocycles. The molecule has 296 valence electrons. The van der Waals surface area contributed by atoms with Gasteiger partial charge in [-0.05, 0) is 103 Å². The lowest BCUT2D eigenvalue weighted by atomic mass is 9.93. The smallest absolute Gasteiger partial charge is 0.416 e. The third kappa shape index (κ3) is 10.7. The van der Waals surface area contributed by atoms with E-state index in [2.05, 4.69) is 9.97 Å².